The number of hydrogen-bond donors (Lipinski definition) is 1. The fourth-order valence-electron chi connectivity index (χ4n) is 2.26. The Morgan fingerprint density at radius 1 is 1.29 bits per heavy atom. The Hall–Kier alpha value is -1.10. The van der Waals surface area contributed by atoms with Gasteiger partial charge in [0.1, 0.15) is 5.82 Å². The van der Waals surface area contributed by atoms with E-state index < -0.39 is 15.7 Å². The summed E-state index contributed by atoms with van der Waals surface area (Å²) in [5.74, 6) is -0.754. The summed E-state index contributed by atoms with van der Waals surface area (Å²) in [6.45, 7) is 0. The van der Waals surface area contributed by atoms with Gasteiger partial charge in [-0.3, -0.25) is 0 Å². The molecule has 17 heavy (non-hydrogen) atoms. The van der Waals surface area contributed by atoms with Crippen molar-refractivity contribution in [2.75, 3.05) is 5.73 Å². The Kier molecular flexibility index (Phi) is 3.38. The molecule has 1 aromatic carbocycles. The molecule has 0 amide bonds. The van der Waals surface area contributed by atoms with Crippen LogP contribution >= 0.6 is 0 Å². The van der Waals surface area contributed by atoms with Crippen molar-refractivity contribution in [3.63, 3.8) is 0 Å². The van der Waals surface area contributed by atoms with Crippen LogP contribution in [0.5, 0.6) is 0 Å². The van der Waals surface area contributed by atoms with Crippen molar-refractivity contribution >= 4 is 15.5 Å². The second-order valence-corrected chi connectivity index (χ2v) is 6.85. The van der Waals surface area contributed by atoms with E-state index in [0.717, 1.165) is 12.8 Å². The molecule has 0 aliphatic heterocycles. The van der Waals surface area contributed by atoms with Crippen LogP contribution < -0.4 is 5.73 Å². The number of anilines is 1. The molecule has 0 bridgehead atoms. The fraction of sp³-hybridized carbons (Fsp3) is 0.500. The molecular formula is C12H16FNO2S. The van der Waals surface area contributed by atoms with Crippen LogP contribution in [0.25, 0.3) is 0 Å². The molecule has 2 N–H and O–H groups in total. The molecule has 0 saturated heterocycles. The number of rotatable bonds is 3. The zero-order valence-corrected chi connectivity index (χ0v) is 10.3. The van der Waals surface area contributed by atoms with Crippen molar-refractivity contribution in [3.8, 4) is 0 Å². The maximum atomic E-state index is 13.5. The zero-order valence-electron chi connectivity index (χ0n) is 9.52. The Balaban J connectivity index is 2.19. The third-order valence-corrected chi connectivity index (χ3v) is 5.44. The van der Waals surface area contributed by atoms with E-state index in [0.29, 0.717) is 18.5 Å². The minimum absolute atomic E-state index is 0.214. The van der Waals surface area contributed by atoms with Gasteiger partial charge in [-0.05, 0) is 25.0 Å². The molecule has 0 atom stereocenters. The summed E-state index contributed by atoms with van der Waals surface area (Å²) in [6.07, 6.45) is 3.32. The van der Waals surface area contributed by atoms with Crippen LogP contribution in [0.1, 0.15) is 31.2 Å². The first-order chi connectivity index (χ1) is 7.99. The highest BCUT2D eigenvalue weighted by Gasteiger charge is 2.29. The summed E-state index contributed by atoms with van der Waals surface area (Å²) in [6, 6.07) is 4.15. The summed E-state index contributed by atoms with van der Waals surface area (Å²) >= 11 is 0. The lowest BCUT2D eigenvalue weighted by Crippen LogP contribution is -2.20. The van der Waals surface area contributed by atoms with Crippen LogP contribution in [0, 0.1) is 5.82 Å². The summed E-state index contributed by atoms with van der Waals surface area (Å²) in [5.41, 5.74) is 5.95. The van der Waals surface area contributed by atoms with Gasteiger partial charge in [-0.2, -0.15) is 0 Å². The Bertz CT molecular complexity index is 507. The van der Waals surface area contributed by atoms with Crippen LogP contribution in [0.4, 0.5) is 10.1 Å². The maximum Gasteiger partial charge on any atom is 0.157 e. The van der Waals surface area contributed by atoms with Gasteiger partial charge in [0.15, 0.2) is 9.84 Å². The average molecular weight is 257 g/mol. The van der Waals surface area contributed by atoms with Crippen molar-refractivity contribution < 1.29 is 12.8 Å². The molecule has 1 saturated carbocycles. The van der Waals surface area contributed by atoms with Gasteiger partial charge in [-0.1, -0.05) is 18.9 Å². The number of sulfone groups is 1. The highest BCUT2D eigenvalue weighted by atomic mass is 32.2. The minimum atomic E-state index is -3.23. The first-order valence-corrected chi connectivity index (χ1v) is 7.46. The molecule has 1 fully saturated rings. The quantitative estimate of drug-likeness (QED) is 0.845. The first kappa shape index (κ1) is 12.4. The SMILES string of the molecule is Nc1ccc(CS(=O)(=O)C2CCCC2)c(F)c1. The second kappa shape index (κ2) is 4.64. The van der Waals surface area contributed by atoms with Gasteiger partial charge in [-0.25, -0.2) is 12.8 Å². The summed E-state index contributed by atoms with van der Waals surface area (Å²) in [4.78, 5) is 0. The van der Waals surface area contributed by atoms with E-state index in [1.165, 1.54) is 18.2 Å². The number of benzene rings is 1. The smallest absolute Gasteiger partial charge is 0.157 e. The normalized spacial score (nSPS) is 17.5. The molecular weight excluding hydrogens is 241 g/mol. The third-order valence-electron chi connectivity index (χ3n) is 3.24. The predicted octanol–water partition coefficient (Wildman–Crippen LogP) is 2.27. The molecule has 5 heteroatoms. The van der Waals surface area contributed by atoms with Gasteiger partial charge in [0.2, 0.25) is 0 Å². The largest absolute Gasteiger partial charge is 0.399 e. The molecule has 0 aromatic heterocycles. The van der Waals surface area contributed by atoms with E-state index in [-0.39, 0.29) is 16.6 Å². The van der Waals surface area contributed by atoms with Crippen LogP contribution in [-0.4, -0.2) is 13.7 Å². The standard InChI is InChI=1S/C12H16FNO2S/c13-12-7-10(14)6-5-9(12)8-17(15,16)11-3-1-2-4-11/h5-7,11H,1-4,8,14H2. The Labute approximate surface area is 101 Å². The molecule has 3 nitrogen and oxygen atoms in total. The zero-order chi connectivity index (χ0) is 12.5. The maximum absolute atomic E-state index is 13.5. The van der Waals surface area contributed by atoms with Gasteiger partial charge in [0.05, 0.1) is 11.0 Å². The average Bonchev–Trinajstić information content (AvgIpc) is 2.76. The van der Waals surface area contributed by atoms with Crippen LogP contribution in [0.15, 0.2) is 18.2 Å². The summed E-state index contributed by atoms with van der Waals surface area (Å²) in [7, 11) is -3.23. The van der Waals surface area contributed by atoms with Crippen LogP contribution in [0.2, 0.25) is 0 Å². The van der Waals surface area contributed by atoms with Crippen LogP contribution in [-0.2, 0) is 15.6 Å². The topological polar surface area (TPSA) is 60.2 Å². The molecule has 1 aliphatic carbocycles. The van der Waals surface area contributed by atoms with Crippen LogP contribution in [0.3, 0.4) is 0 Å². The van der Waals surface area contributed by atoms with E-state index in [1.54, 1.807) is 0 Å². The monoisotopic (exact) mass is 257 g/mol. The van der Waals surface area contributed by atoms with Gasteiger partial charge < -0.3 is 5.73 Å². The van der Waals surface area contributed by atoms with Gasteiger partial charge >= 0.3 is 0 Å². The number of hydrogen-bond acceptors (Lipinski definition) is 3. The molecule has 0 unspecified atom stereocenters. The lowest BCUT2D eigenvalue weighted by molar-refractivity contribution is 0.573. The Morgan fingerprint density at radius 2 is 1.94 bits per heavy atom. The van der Waals surface area contributed by atoms with Crippen molar-refractivity contribution in [1.29, 1.82) is 0 Å². The fourth-order valence-corrected chi connectivity index (χ4v) is 4.22. The van der Waals surface area contributed by atoms with Crippen molar-refractivity contribution in [2.24, 2.45) is 0 Å². The van der Waals surface area contributed by atoms with Gasteiger partial charge in [0.25, 0.3) is 0 Å². The molecule has 94 valence electrons. The van der Waals surface area contributed by atoms with Gasteiger partial charge in [-0.15, -0.1) is 0 Å². The number of nitrogen functional groups attached to an aromatic ring is 1. The molecule has 0 heterocycles. The van der Waals surface area contributed by atoms with Gasteiger partial charge in [0, 0.05) is 11.3 Å². The lowest BCUT2D eigenvalue weighted by atomic mass is 10.2. The first-order valence-electron chi connectivity index (χ1n) is 5.74. The molecule has 1 aliphatic rings. The minimum Gasteiger partial charge on any atom is -0.399 e. The van der Waals surface area contributed by atoms with E-state index in [4.69, 9.17) is 5.73 Å². The van der Waals surface area contributed by atoms with Crippen molar-refractivity contribution in [2.45, 2.75) is 36.7 Å². The summed E-state index contributed by atoms with van der Waals surface area (Å²) < 4.78 is 37.6. The Morgan fingerprint density at radius 3 is 2.53 bits per heavy atom. The lowest BCUT2D eigenvalue weighted by Gasteiger charge is -2.11. The number of nitrogens with two attached hydrogens (primary N) is 1. The number of halogens is 1. The van der Waals surface area contributed by atoms with Crippen molar-refractivity contribution in [3.05, 3.63) is 29.6 Å². The van der Waals surface area contributed by atoms with Crippen molar-refractivity contribution in [1.82, 2.24) is 0 Å². The third kappa shape index (κ3) is 2.77. The molecule has 1 aromatic rings. The van der Waals surface area contributed by atoms with E-state index >= 15 is 0 Å². The summed E-state index contributed by atoms with van der Waals surface area (Å²) in [5, 5.41) is -0.292. The molecule has 0 spiro atoms. The highest BCUT2D eigenvalue weighted by Crippen LogP contribution is 2.27. The molecule has 2 rings (SSSR count). The highest BCUT2D eigenvalue weighted by molar-refractivity contribution is 7.91. The second-order valence-electron chi connectivity index (χ2n) is 4.56. The molecule has 0 radical (unpaired) electrons. The van der Waals surface area contributed by atoms with E-state index in [2.05, 4.69) is 0 Å². The van der Waals surface area contributed by atoms with E-state index in [9.17, 15) is 12.8 Å². The van der Waals surface area contributed by atoms with E-state index in [1.807, 2.05) is 0 Å². The predicted molar refractivity (Wildman–Crippen MR) is 65.7 cm³/mol.